The summed E-state index contributed by atoms with van der Waals surface area (Å²) >= 11 is 5.43. The molecule has 0 spiro atoms. The highest BCUT2D eigenvalue weighted by molar-refractivity contribution is 9.10. The van der Waals surface area contributed by atoms with E-state index in [1.807, 2.05) is 28.8 Å². The Hall–Kier alpha value is -0.0000000000000000555. The quantitative estimate of drug-likeness (QED) is 0.905. The molecule has 2 rings (SSSR count). The van der Waals surface area contributed by atoms with Gasteiger partial charge in [0.1, 0.15) is 0 Å². The first kappa shape index (κ1) is 13.4. The van der Waals surface area contributed by atoms with Crippen molar-refractivity contribution >= 4 is 27.7 Å². The Labute approximate surface area is 116 Å². The average molecular weight is 318 g/mol. The SMILES string of the molecule is CS[C@@H]1CC[C@H](N[C@@H](C)Cn2cc(Br)cn2)C1. The summed E-state index contributed by atoms with van der Waals surface area (Å²) in [5.74, 6) is 0. The van der Waals surface area contributed by atoms with Crippen molar-refractivity contribution in [1.29, 1.82) is 0 Å². The summed E-state index contributed by atoms with van der Waals surface area (Å²) in [6, 6.07) is 1.17. The van der Waals surface area contributed by atoms with Crippen LogP contribution in [0.1, 0.15) is 26.2 Å². The van der Waals surface area contributed by atoms with Crippen LogP contribution in [0, 0.1) is 0 Å². The first-order valence-electron chi connectivity index (χ1n) is 6.14. The second-order valence-electron chi connectivity index (χ2n) is 4.82. The lowest BCUT2D eigenvalue weighted by molar-refractivity contribution is 0.397. The van der Waals surface area contributed by atoms with Gasteiger partial charge in [0, 0.05) is 23.5 Å². The van der Waals surface area contributed by atoms with E-state index in [4.69, 9.17) is 0 Å². The molecule has 96 valence electrons. The van der Waals surface area contributed by atoms with Gasteiger partial charge in [-0.25, -0.2) is 0 Å². The molecule has 1 aliphatic carbocycles. The third-order valence-corrected chi connectivity index (χ3v) is 4.81. The van der Waals surface area contributed by atoms with Crippen LogP contribution in [0.25, 0.3) is 0 Å². The summed E-state index contributed by atoms with van der Waals surface area (Å²) in [4.78, 5) is 0. The van der Waals surface area contributed by atoms with E-state index < -0.39 is 0 Å². The maximum absolute atomic E-state index is 4.29. The van der Waals surface area contributed by atoms with Gasteiger partial charge in [-0.05, 0) is 48.4 Å². The molecular weight excluding hydrogens is 298 g/mol. The number of rotatable bonds is 5. The molecule has 0 unspecified atom stereocenters. The van der Waals surface area contributed by atoms with Gasteiger partial charge in [-0.3, -0.25) is 4.68 Å². The third-order valence-electron chi connectivity index (χ3n) is 3.30. The van der Waals surface area contributed by atoms with Crippen molar-refractivity contribution in [2.24, 2.45) is 0 Å². The van der Waals surface area contributed by atoms with E-state index in [0.717, 1.165) is 16.3 Å². The molecule has 17 heavy (non-hydrogen) atoms. The molecule has 1 saturated carbocycles. The number of hydrogen-bond acceptors (Lipinski definition) is 3. The Kier molecular flexibility index (Phi) is 4.94. The van der Waals surface area contributed by atoms with Crippen LogP contribution in [0.4, 0.5) is 0 Å². The van der Waals surface area contributed by atoms with Crippen LogP contribution in [0.15, 0.2) is 16.9 Å². The van der Waals surface area contributed by atoms with Crippen molar-refractivity contribution in [3.63, 3.8) is 0 Å². The Morgan fingerprint density at radius 1 is 1.65 bits per heavy atom. The molecule has 5 heteroatoms. The third kappa shape index (κ3) is 4.00. The first-order chi connectivity index (χ1) is 8.17. The number of halogens is 1. The fourth-order valence-corrected chi connectivity index (χ4v) is 3.60. The lowest BCUT2D eigenvalue weighted by Gasteiger charge is -2.19. The largest absolute Gasteiger partial charge is 0.310 e. The van der Waals surface area contributed by atoms with Gasteiger partial charge in [0.25, 0.3) is 0 Å². The maximum atomic E-state index is 4.29. The van der Waals surface area contributed by atoms with E-state index >= 15 is 0 Å². The van der Waals surface area contributed by atoms with Gasteiger partial charge in [-0.15, -0.1) is 0 Å². The van der Waals surface area contributed by atoms with Crippen LogP contribution < -0.4 is 5.32 Å². The smallest absolute Gasteiger partial charge is 0.0632 e. The molecule has 0 aromatic carbocycles. The summed E-state index contributed by atoms with van der Waals surface area (Å²) in [5.41, 5.74) is 0. The summed E-state index contributed by atoms with van der Waals surface area (Å²) in [5, 5.41) is 8.86. The van der Waals surface area contributed by atoms with E-state index in [1.54, 1.807) is 0 Å². The molecule has 0 saturated heterocycles. The molecule has 1 N–H and O–H groups in total. The predicted octanol–water partition coefficient (Wildman–Crippen LogP) is 2.91. The van der Waals surface area contributed by atoms with Gasteiger partial charge in [-0.1, -0.05) is 0 Å². The lowest BCUT2D eigenvalue weighted by atomic mass is 10.2. The molecule has 3 atom stereocenters. The highest BCUT2D eigenvalue weighted by Gasteiger charge is 2.24. The molecular formula is C12H20BrN3S. The van der Waals surface area contributed by atoms with E-state index in [1.165, 1.54) is 19.3 Å². The van der Waals surface area contributed by atoms with Gasteiger partial charge >= 0.3 is 0 Å². The van der Waals surface area contributed by atoms with Crippen molar-refractivity contribution in [2.75, 3.05) is 6.26 Å². The Morgan fingerprint density at radius 3 is 3.06 bits per heavy atom. The minimum Gasteiger partial charge on any atom is -0.310 e. The lowest BCUT2D eigenvalue weighted by Crippen LogP contribution is -2.37. The van der Waals surface area contributed by atoms with Crippen molar-refractivity contribution in [2.45, 2.75) is 50.1 Å². The van der Waals surface area contributed by atoms with Gasteiger partial charge in [0.05, 0.1) is 17.2 Å². The van der Waals surface area contributed by atoms with E-state index in [2.05, 4.69) is 39.5 Å². The van der Waals surface area contributed by atoms with Crippen molar-refractivity contribution < 1.29 is 0 Å². The highest BCUT2D eigenvalue weighted by Crippen LogP contribution is 2.28. The standard InChI is InChI=1S/C12H20BrN3S/c1-9(7-16-8-10(13)6-14-16)15-11-3-4-12(5-11)17-2/h6,8-9,11-12,15H,3-5,7H2,1-2H3/t9-,11-,12+/m0/s1. The molecule has 1 aromatic rings. The van der Waals surface area contributed by atoms with E-state index in [9.17, 15) is 0 Å². The Bertz CT molecular complexity index is 355. The summed E-state index contributed by atoms with van der Waals surface area (Å²) in [6.45, 7) is 3.17. The molecule has 0 radical (unpaired) electrons. The van der Waals surface area contributed by atoms with Crippen molar-refractivity contribution in [1.82, 2.24) is 15.1 Å². The molecule has 1 heterocycles. The van der Waals surface area contributed by atoms with Crippen molar-refractivity contribution in [3.05, 3.63) is 16.9 Å². The minimum absolute atomic E-state index is 0.479. The fourth-order valence-electron chi connectivity index (χ4n) is 2.48. The second-order valence-corrected chi connectivity index (χ2v) is 6.87. The number of nitrogens with zero attached hydrogens (tertiary/aromatic N) is 2. The molecule has 0 aliphatic heterocycles. The van der Waals surface area contributed by atoms with Crippen LogP contribution in [-0.4, -0.2) is 33.4 Å². The molecule has 1 fully saturated rings. The topological polar surface area (TPSA) is 29.9 Å². The number of thioether (sulfide) groups is 1. The maximum Gasteiger partial charge on any atom is 0.0632 e. The molecule has 1 aliphatic rings. The summed E-state index contributed by atoms with van der Waals surface area (Å²) < 4.78 is 3.04. The van der Waals surface area contributed by atoms with Crippen LogP contribution in [0.3, 0.4) is 0 Å². The van der Waals surface area contributed by atoms with Crippen LogP contribution in [0.5, 0.6) is 0 Å². The van der Waals surface area contributed by atoms with E-state index in [-0.39, 0.29) is 0 Å². The van der Waals surface area contributed by atoms with Crippen LogP contribution in [0.2, 0.25) is 0 Å². The van der Waals surface area contributed by atoms with Gasteiger partial charge in [-0.2, -0.15) is 16.9 Å². The number of aromatic nitrogens is 2. The van der Waals surface area contributed by atoms with Gasteiger partial charge in [0.15, 0.2) is 0 Å². The monoisotopic (exact) mass is 317 g/mol. The second kappa shape index (κ2) is 6.25. The number of nitrogens with one attached hydrogen (secondary N) is 1. The Balaban J connectivity index is 1.76. The zero-order valence-electron chi connectivity index (χ0n) is 10.4. The molecule has 0 amide bonds. The zero-order valence-corrected chi connectivity index (χ0v) is 12.8. The van der Waals surface area contributed by atoms with Crippen LogP contribution in [-0.2, 0) is 6.54 Å². The molecule has 3 nitrogen and oxygen atoms in total. The van der Waals surface area contributed by atoms with Gasteiger partial charge < -0.3 is 5.32 Å². The average Bonchev–Trinajstić information content (AvgIpc) is 2.88. The molecule has 0 bridgehead atoms. The fraction of sp³-hybridized carbons (Fsp3) is 0.750. The molecule has 1 aromatic heterocycles. The number of hydrogen-bond donors (Lipinski definition) is 1. The van der Waals surface area contributed by atoms with Gasteiger partial charge in [0.2, 0.25) is 0 Å². The van der Waals surface area contributed by atoms with Crippen LogP contribution >= 0.6 is 27.7 Å². The summed E-state index contributed by atoms with van der Waals surface area (Å²) in [7, 11) is 0. The minimum atomic E-state index is 0.479. The predicted molar refractivity (Wildman–Crippen MR) is 77.5 cm³/mol. The Morgan fingerprint density at radius 2 is 2.47 bits per heavy atom. The van der Waals surface area contributed by atoms with Crippen molar-refractivity contribution in [3.8, 4) is 0 Å². The van der Waals surface area contributed by atoms with E-state index in [0.29, 0.717) is 12.1 Å². The normalized spacial score (nSPS) is 26.3. The summed E-state index contributed by atoms with van der Waals surface area (Å²) in [6.07, 6.45) is 10.1. The first-order valence-corrected chi connectivity index (χ1v) is 8.22. The zero-order chi connectivity index (χ0) is 12.3. The highest BCUT2D eigenvalue weighted by atomic mass is 79.9.